The van der Waals surface area contributed by atoms with Crippen LogP contribution in [-0.4, -0.2) is 62.0 Å². The summed E-state index contributed by atoms with van der Waals surface area (Å²) in [6.07, 6.45) is 0. The van der Waals surface area contributed by atoms with E-state index in [-0.39, 0.29) is 5.91 Å². The minimum atomic E-state index is -0.0519. The average molecular weight is 348 g/mol. The van der Waals surface area contributed by atoms with Gasteiger partial charge in [0, 0.05) is 37.8 Å². The summed E-state index contributed by atoms with van der Waals surface area (Å²) >= 11 is 0. The Balaban J connectivity index is 1.62. The zero-order chi connectivity index (χ0) is 18.5. The van der Waals surface area contributed by atoms with E-state index in [2.05, 4.69) is 35.3 Å². The Kier molecular flexibility index (Phi) is 5.67. The third-order valence-corrected chi connectivity index (χ3v) is 4.95. The molecule has 1 atom stereocenters. The summed E-state index contributed by atoms with van der Waals surface area (Å²) in [5.41, 5.74) is 3.25. The van der Waals surface area contributed by atoms with Crippen LogP contribution in [0.15, 0.2) is 48.5 Å². The number of hydrogen-bond acceptors (Lipinski definition) is 4. The van der Waals surface area contributed by atoms with Crippen molar-refractivity contribution in [2.24, 2.45) is 0 Å². The SMILES string of the molecule is CN1CCN(C)C(CNC(=O)c2ccc(-c3cccc(C#N)c3)cc2)C1. The van der Waals surface area contributed by atoms with Crippen molar-refractivity contribution in [2.75, 3.05) is 40.3 Å². The molecular formula is C21H24N4O. The molecule has 0 saturated carbocycles. The summed E-state index contributed by atoms with van der Waals surface area (Å²) in [6.45, 7) is 3.69. The van der Waals surface area contributed by atoms with Gasteiger partial charge in [0.25, 0.3) is 5.91 Å². The minimum absolute atomic E-state index is 0.0519. The molecule has 0 bridgehead atoms. The van der Waals surface area contributed by atoms with E-state index in [4.69, 9.17) is 5.26 Å². The summed E-state index contributed by atoms with van der Waals surface area (Å²) in [4.78, 5) is 17.0. The van der Waals surface area contributed by atoms with Crippen LogP contribution in [0.4, 0.5) is 0 Å². The van der Waals surface area contributed by atoms with Crippen LogP contribution in [0, 0.1) is 11.3 Å². The molecule has 2 aromatic carbocycles. The van der Waals surface area contributed by atoms with Gasteiger partial charge < -0.3 is 10.2 Å². The maximum Gasteiger partial charge on any atom is 0.251 e. The van der Waals surface area contributed by atoms with Crippen molar-refractivity contribution >= 4 is 5.91 Å². The fourth-order valence-corrected chi connectivity index (χ4v) is 3.22. The molecule has 1 aliphatic heterocycles. The Morgan fingerprint density at radius 3 is 2.65 bits per heavy atom. The van der Waals surface area contributed by atoms with Crippen LogP contribution in [0.3, 0.4) is 0 Å². The minimum Gasteiger partial charge on any atom is -0.350 e. The Morgan fingerprint density at radius 2 is 1.92 bits per heavy atom. The average Bonchev–Trinajstić information content (AvgIpc) is 2.68. The highest BCUT2D eigenvalue weighted by Gasteiger charge is 2.22. The maximum absolute atomic E-state index is 12.4. The first kappa shape index (κ1) is 18.1. The molecule has 0 aliphatic carbocycles. The molecule has 1 unspecified atom stereocenters. The van der Waals surface area contributed by atoms with Gasteiger partial charge in [-0.1, -0.05) is 24.3 Å². The molecule has 134 valence electrons. The summed E-state index contributed by atoms with van der Waals surface area (Å²) in [5, 5.41) is 12.1. The predicted molar refractivity (Wildman–Crippen MR) is 103 cm³/mol. The number of nitriles is 1. The van der Waals surface area contributed by atoms with Gasteiger partial charge in [0.1, 0.15) is 0 Å². The molecule has 3 rings (SSSR count). The van der Waals surface area contributed by atoms with Gasteiger partial charge >= 0.3 is 0 Å². The van der Waals surface area contributed by atoms with E-state index in [0.29, 0.717) is 23.7 Å². The van der Waals surface area contributed by atoms with Gasteiger partial charge in [0.15, 0.2) is 0 Å². The van der Waals surface area contributed by atoms with Gasteiger partial charge in [-0.3, -0.25) is 9.69 Å². The first-order chi connectivity index (χ1) is 12.6. The smallest absolute Gasteiger partial charge is 0.251 e. The molecule has 1 aliphatic rings. The predicted octanol–water partition coefficient (Wildman–Crippen LogP) is 2.20. The molecule has 5 heteroatoms. The number of amides is 1. The Morgan fingerprint density at radius 1 is 1.15 bits per heavy atom. The lowest BCUT2D eigenvalue weighted by Gasteiger charge is -2.37. The van der Waals surface area contributed by atoms with Crippen LogP contribution >= 0.6 is 0 Å². The van der Waals surface area contributed by atoms with Crippen LogP contribution in [-0.2, 0) is 0 Å². The number of rotatable bonds is 4. The fraction of sp³-hybridized carbons (Fsp3) is 0.333. The third kappa shape index (κ3) is 4.29. The summed E-state index contributed by atoms with van der Waals surface area (Å²) in [7, 11) is 4.22. The van der Waals surface area contributed by atoms with Gasteiger partial charge in [-0.2, -0.15) is 5.26 Å². The van der Waals surface area contributed by atoms with E-state index >= 15 is 0 Å². The van der Waals surface area contributed by atoms with Crippen molar-refractivity contribution in [1.29, 1.82) is 5.26 Å². The fourth-order valence-electron chi connectivity index (χ4n) is 3.22. The van der Waals surface area contributed by atoms with E-state index in [0.717, 1.165) is 30.8 Å². The van der Waals surface area contributed by atoms with Crippen LogP contribution in [0.2, 0.25) is 0 Å². The highest BCUT2D eigenvalue weighted by molar-refractivity contribution is 5.94. The largest absolute Gasteiger partial charge is 0.350 e. The van der Waals surface area contributed by atoms with Crippen molar-refractivity contribution in [1.82, 2.24) is 15.1 Å². The second-order valence-corrected chi connectivity index (χ2v) is 6.88. The molecule has 26 heavy (non-hydrogen) atoms. The lowest BCUT2D eigenvalue weighted by Crippen LogP contribution is -2.54. The Hall–Kier alpha value is -2.68. The molecule has 5 nitrogen and oxygen atoms in total. The van der Waals surface area contributed by atoms with Crippen molar-refractivity contribution in [3.05, 3.63) is 59.7 Å². The second kappa shape index (κ2) is 8.13. The van der Waals surface area contributed by atoms with Crippen molar-refractivity contribution < 1.29 is 4.79 Å². The molecule has 0 aromatic heterocycles. The van der Waals surface area contributed by atoms with E-state index in [9.17, 15) is 4.79 Å². The molecule has 1 N–H and O–H groups in total. The number of hydrogen-bond donors (Lipinski definition) is 1. The van der Waals surface area contributed by atoms with E-state index in [1.54, 1.807) is 6.07 Å². The van der Waals surface area contributed by atoms with Crippen molar-refractivity contribution in [3.63, 3.8) is 0 Å². The number of piperazine rings is 1. The van der Waals surface area contributed by atoms with Gasteiger partial charge in [-0.05, 0) is 49.5 Å². The summed E-state index contributed by atoms with van der Waals surface area (Å²) in [5.74, 6) is -0.0519. The van der Waals surface area contributed by atoms with Gasteiger partial charge in [0.05, 0.1) is 11.6 Å². The quantitative estimate of drug-likeness (QED) is 0.920. The number of benzene rings is 2. The molecule has 2 aromatic rings. The monoisotopic (exact) mass is 348 g/mol. The van der Waals surface area contributed by atoms with Crippen LogP contribution in [0.25, 0.3) is 11.1 Å². The molecule has 1 saturated heterocycles. The second-order valence-electron chi connectivity index (χ2n) is 6.88. The van der Waals surface area contributed by atoms with E-state index in [1.165, 1.54) is 0 Å². The molecule has 0 radical (unpaired) electrons. The van der Waals surface area contributed by atoms with Crippen LogP contribution in [0.1, 0.15) is 15.9 Å². The Labute approximate surface area is 154 Å². The molecular weight excluding hydrogens is 324 g/mol. The molecule has 1 fully saturated rings. The summed E-state index contributed by atoms with van der Waals surface area (Å²) in [6, 6.07) is 17.5. The molecule has 1 heterocycles. The lowest BCUT2D eigenvalue weighted by atomic mass is 10.0. The van der Waals surface area contributed by atoms with Crippen molar-refractivity contribution in [2.45, 2.75) is 6.04 Å². The number of carbonyl (C=O) groups is 1. The van der Waals surface area contributed by atoms with E-state index < -0.39 is 0 Å². The lowest BCUT2D eigenvalue weighted by molar-refractivity contribution is 0.0881. The van der Waals surface area contributed by atoms with Crippen LogP contribution in [0.5, 0.6) is 0 Å². The normalized spacial score (nSPS) is 18.3. The Bertz CT molecular complexity index is 810. The number of nitrogens with one attached hydrogen (secondary N) is 1. The topological polar surface area (TPSA) is 59.4 Å². The van der Waals surface area contributed by atoms with E-state index in [1.807, 2.05) is 42.5 Å². The maximum atomic E-state index is 12.4. The first-order valence-corrected chi connectivity index (χ1v) is 8.84. The standard InChI is InChI=1S/C21H24N4O/c1-24-10-11-25(2)20(15-24)14-23-21(26)18-8-6-17(7-9-18)19-5-3-4-16(12-19)13-22/h3-9,12,20H,10-11,14-15H2,1-2H3,(H,23,26). The third-order valence-electron chi connectivity index (χ3n) is 4.95. The zero-order valence-electron chi connectivity index (χ0n) is 15.3. The summed E-state index contributed by atoms with van der Waals surface area (Å²) < 4.78 is 0. The van der Waals surface area contributed by atoms with Gasteiger partial charge in [-0.15, -0.1) is 0 Å². The number of likely N-dealkylation sites (N-methyl/N-ethyl adjacent to an activating group) is 2. The van der Waals surface area contributed by atoms with Gasteiger partial charge in [0.2, 0.25) is 0 Å². The number of nitrogens with zero attached hydrogens (tertiary/aromatic N) is 3. The van der Waals surface area contributed by atoms with Crippen molar-refractivity contribution in [3.8, 4) is 17.2 Å². The van der Waals surface area contributed by atoms with Crippen LogP contribution < -0.4 is 5.32 Å². The van der Waals surface area contributed by atoms with Gasteiger partial charge in [-0.25, -0.2) is 0 Å². The highest BCUT2D eigenvalue weighted by atomic mass is 16.1. The molecule has 0 spiro atoms. The number of carbonyl (C=O) groups excluding carboxylic acids is 1. The highest BCUT2D eigenvalue weighted by Crippen LogP contribution is 2.21. The molecule has 1 amide bonds. The zero-order valence-corrected chi connectivity index (χ0v) is 15.3. The first-order valence-electron chi connectivity index (χ1n) is 8.84.